The second-order valence-corrected chi connectivity index (χ2v) is 5.86. The highest BCUT2D eigenvalue weighted by Crippen LogP contribution is 2.39. The molecular weight excluding hydrogens is 349 g/mol. The molecule has 4 nitrogen and oxygen atoms in total. The number of benzene rings is 2. The molecule has 2 aromatic carbocycles. The number of carbonyl (C=O) groups excluding carboxylic acids is 1. The molecule has 0 fully saturated rings. The van der Waals surface area contributed by atoms with E-state index in [4.69, 9.17) is 32.7 Å². The molecule has 0 unspecified atom stereocenters. The van der Waals surface area contributed by atoms with Gasteiger partial charge in [-0.15, -0.1) is 0 Å². The van der Waals surface area contributed by atoms with Gasteiger partial charge in [0.2, 0.25) is 0 Å². The molecule has 122 valence electrons. The van der Waals surface area contributed by atoms with E-state index in [0.29, 0.717) is 32.4 Å². The monoisotopic (exact) mass is 361 g/mol. The van der Waals surface area contributed by atoms with Crippen LogP contribution in [0.25, 0.3) is 22.0 Å². The Hall–Kier alpha value is -2.30. The van der Waals surface area contributed by atoms with Crippen LogP contribution in [0.15, 0.2) is 42.6 Å². The lowest BCUT2D eigenvalue weighted by Gasteiger charge is -2.12. The number of pyridine rings is 1. The van der Waals surface area contributed by atoms with Crippen LogP contribution < -0.4 is 4.74 Å². The predicted molar refractivity (Wildman–Crippen MR) is 95.1 cm³/mol. The van der Waals surface area contributed by atoms with Gasteiger partial charge in [-0.2, -0.15) is 0 Å². The van der Waals surface area contributed by atoms with Crippen molar-refractivity contribution in [2.45, 2.75) is 0 Å². The number of methoxy groups -OCH3 is 2. The first-order chi connectivity index (χ1) is 11.5. The second-order valence-electron chi connectivity index (χ2n) is 5.05. The Morgan fingerprint density at radius 3 is 2.50 bits per heavy atom. The maximum absolute atomic E-state index is 11.8. The summed E-state index contributed by atoms with van der Waals surface area (Å²) in [5.74, 6) is 0.220. The molecule has 3 aromatic rings. The number of nitrogens with zero attached hydrogens (tertiary/aromatic N) is 1. The Kier molecular flexibility index (Phi) is 4.60. The molecule has 0 saturated carbocycles. The van der Waals surface area contributed by atoms with Crippen LogP contribution in [0.3, 0.4) is 0 Å². The maximum Gasteiger partial charge on any atom is 0.337 e. The Morgan fingerprint density at radius 2 is 1.83 bits per heavy atom. The minimum absolute atomic E-state index is 0.417. The summed E-state index contributed by atoms with van der Waals surface area (Å²) in [6, 6.07) is 10.5. The number of halogens is 2. The highest BCUT2D eigenvalue weighted by atomic mass is 35.5. The van der Waals surface area contributed by atoms with Gasteiger partial charge < -0.3 is 9.47 Å². The van der Waals surface area contributed by atoms with Crippen molar-refractivity contribution in [1.29, 1.82) is 0 Å². The molecule has 0 bridgehead atoms. The van der Waals surface area contributed by atoms with Crippen LogP contribution in [0.1, 0.15) is 10.4 Å². The third kappa shape index (κ3) is 2.90. The molecule has 1 heterocycles. The van der Waals surface area contributed by atoms with Gasteiger partial charge in [-0.25, -0.2) is 4.79 Å². The fourth-order valence-corrected chi connectivity index (χ4v) is 3.03. The van der Waals surface area contributed by atoms with E-state index in [-0.39, 0.29) is 0 Å². The van der Waals surface area contributed by atoms with Crippen LogP contribution in [-0.4, -0.2) is 25.2 Å². The van der Waals surface area contributed by atoms with Crippen LogP contribution in [0.4, 0.5) is 0 Å². The van der Waals surface area contributed by atoms with E-state index < -0.39 is 5.97 Å². The average Bonchev–Trinajstić information content (AvgIpc) is 2.61. The van der Waals surface area contributed by atoms with E-state index in [1.54, 1.807) is 43.6 Å². The summed E-state index contributed by atoms with van der Waals surface area (Å²) in [6.07, 6.45) is 1.57. The first kappa shape index (κ1) is 16.6. The quantitative estimate of drug-likeness (QED) is 0.615. The summed E-state index contributed by atoms with van der Waals surface area (Å²) in [4.78, 5) is 16.1. The van der Waals surface area contributed by atoms with Crippen molar-refractivity contribution in [3.63, 3.8) is 0 Å². The van der Waals surface area contributed by atoms with Gasteiger partial charge in [-0.3, -0.25) is 4.98 Å². The van der Waals surface area contributed by atoms with E-state index in [0.717, 1.165) is 10.9 Å². The third-order valence-corrected chi connectivity index (χ3v) is 4.29. The maximum atomic E-state index is 11.8. The minimum atomic E-state index is -0.427. The standard InChI is InChI=1S/C18H13Cl2NO3/c1-23-11-4-5-12(14(19)8-11)17-13-7-10(18(22)24-2)3-6-16(13)21-9-15(17)20/h3-9H,1-2H3. The lowest BCUT2D eigenvalue weighted by molar-refractivity contribution is 0.0601. The lowest BCUT2D eigenvalue weighted by Crippen LogP contribution is -2.01. The number of hydrogen-bond donors (Lipinski definition) is 0. The molecular formula is C18H13Cl2NO3. The topological polar surface area (TPSA) is 48.4 Å². The Morgan fingerprint density at radius 1 is 1.04 bits per heavy atom. The van der Waals surface area contributed by atoms with E-state index in [1.165, 1.54) is 7.11 Å². The summed E-state index contributed by atoms with van der Waals surface area (Å²) in [6.45, 7) is 0. The number of rotatable bonds is 3. The largest absolute Gasteiger partial charge is 0.497 e. The molecule has 0 saturated heterocycles. The van der Waals surface area contributed by atoms with Crippen molar-refractivity contribution < 1.29 is 14.3 Å². The number of aromatic nitrogens is 1. The first-order valence-corrected chi connectivity index (χ1v) is 7.81. The van der Waals surface area contributed by atoms with Crippen molar-refractivity contribution in [2.75, 3.05) is 14.2 Å². The van der Waals surface area contributed by atoms with E-state index >= 15 is 0 Å². The fraction of sp³-hybridized carbons (Fsp3) is 0.111. The van der Waals surface area contributed by atoms with Crippen LogP contribution in [0.5, 0.6) is 5.75 Å². The van der Waals surface area contributed by atoms with Crippen molar-refractivity contribution in [2.24, 2.45) is 0 Å². The summed E-state index contributed by atoms with van der Waals surface area (Å²) < 4.78 is 9.96. The highest BCUT2D eigenvalue weighted by Gasteiger charge is 2.16. The second kappa shape index (κ2) is 6.67. The number of hydrogen-bond acceptors (Lipinski definition) is 4. The summed E-state index contributed by atoms with van der Waals surface area (Å²) in [5, 5.41) is 1.65. The molecule has 0 aliphatic carbocycles. The Bertz CT molecular complexity index is 941. The first-order valence-electron chi connectivity index (χ1n) is 7.05. The summed E-state index contributed by atoms with van der Waals surface area (Å²) in [5.41, 5.74) is 2.56. The van der Waals surface area contributed by atoms with E-state index in [9.17, 15) is 4.79 Å². The predicted octanol–water partition coefficient (Wildman–Crippen LogP) is 5.00. The zero-order valence-corrected chi connectivity index (χ0v) is 14.5. The van der Waals surface area contributed by atoms with Crippen molar-refractivity contribution in [3.8, 4) is 16.9 Å². The molecule has 0 atom stereocenters. The van der Waals surface area contributed by atoms with Crippen molar-refractivity contribution >= 4 is 40.1 Å². The van der Waals surface area contributed by atoms with Gasteiger partial charge in [0.05, 0.1) is 35.3 Å². The molecule has 0 amide bonds. The van der Waals surface area contributed by atoms with Gasteiger partial charge in [0.15, 0.2) is 0 Å². The van der Waals surface area contributed by atoms with Crippen molar-refractivity contribution in [3.05, 3.63) is 58.2 Å². The van der Waals surface area contributed by atoms with E-state index in [1.807, 2.05) is 6.07 Å². The van der Waals surface area contributed by atoms with Crippen LogP contribution in [0.2, 0.25) is 10.0 Å². The third-order valence-electron chi connectivity index (χ3n) is 3.69. The van der Waals surface area contributed by atoms with Crippen LogP contribution >= 0.6 is 23.2 Å². The average molecular weight is 362 g/mol. The van der Waals surface area contributed by atoms with Gasteiger partial charge in [-0.1, -0.05) is 23.2 Å². The van der Waals surface area contributed by atoms with Crippen LogP contribution in [-0.2, 0) is 4.74 Å². The molecule has 24 heavy (non-hydrogen) atoms. The van der Waals surface area contributed by atoms with Gasteiger partial charge in [0.25, 0.3) is 0 Å². The molecule has 0 spiro atoms. The summed E-state index contributed by atoms with van der Waals surface area (Å²) in [7, 11) is 2.91. The Balaban J connectivity index is 2.30. The highest BCUT2D eigenvalue weighted by molar-refractivity contribution is 6.38. The number of esters is 1. The molecule has 1 aromatic heterocycles. The Labute approximate surface area is 148 Å². The molecule has 3 rings (SSSR count). The molecule has 0 aliphatic rings. The SMILES string of the molecule is COC(=O)c1ccc2ncc(Cl)c(-c3ccc(OC)cc3Cl)c2c1. The smallest absolute Gasteiger partial charge is 0.337 e. The summed E-state index contributed by atoms with van der Waals surface area (Å²) >= 11 is 12.8. The minimum Gasteiger partial charge on any atom is -0.497 e. The van der Waals surface area contributed by atoms with Gasteiger partial charge >= 0.3 is 5.97 Å². The van der Waals surface area contributed by atoms with Gasteiger partial charge in [0, 0.05) is 22.7 Å². The molecule has 6 heteroatoms. The zero-order chi connectivity index (χ0) is 17.3. The number of fused-ring (bicyclic) bond motifs is 1. The zero-order valence-electron chi connectivity index (χ0n) is 13.0. The van der Waals surface area contributed by atoms with Gasteiger partial charge in [-0.05, 0) is 36.4 Å². The molecule has 0 aliphatic heterocycles. The van der Waals surface area contributed by atoms with Crippen LogP contribution in [0, 0.1) is 0 Å². The normalized spacial score (nSPS) is 10.7. The molecule has 0 N–H and O–H groups in total. The molecule has 0 radical (unpaired) electrons. The lowest BCUT2D eigenvalue weighted by atomic mass is 9.99. The number of ether oxygens (including phenoxy) is 2. The number of carbonyl (C=O) groups is 1. The van der Waals surface area contributed by atoms with Crippen molar-refractivity contribution in [1.82, 2.24) is 4.98 Å². The van der Waals surface area contributed by atoms with Gasteiger partial charge in [0.1, 0.15) is 5.75 Å². The fourth-order valence-electron chi connectivity index (χ4n) is 2.51. The van der Waals surface area contributed by atoms with E-state index in [2.05, 4.69) is 4.98 Å².